The molecule has 0 bridgehead atoms. The molecular formula is C19H20ClN3O2. The molecule has 5 nitrogen and oxygen atoms in total. The average molecular weight is 358 g/mol. The van der Waals surface area contributed by atoms with Crippen LogP contribution in [0.4, 0.5) is 0 Å². The lowest BCUT2D eigenvalue weighted by Crippen LogP contribution is -2.16. The van der Waals surface area contributed by atoms with Crippen LogP contribution in [0, 0.1) is 6.92 Å². The molecule has 1 aromatic heterocycles. The maximum absolute atomic E-state index is 6.15. The van der Waals surface area contributed by atoms with Crippen LogP contribution in [0.1, 0.15) is 22.8 Å². The van der Waals surface area contributed by atoms with Crippen molar-refractivity contribution in [1.82, 2.24) is 15.5 Å². The van der Waals surface area contributed by atoms with Crippen molar-refractivity contribution in [3.8, 4) is 5.75 Å². The first-order valence-corrected chi connectivity index (χ1v) is 8.53. The minimum Gasteiger partial charge on any atom is -0.489 e. The normalized spacial score (nSPS) is 10.8. The van der Waals surface area contributed by atoms with Crippen LogP contribution in [0.2, 0.25) is 5.02 Å². The summed E-state index contributed by atoms with van der Waals surface area (Å²) in [7, 11) is 0. The van der Waals surface area contributed by atoms with Gasteiger partial charge in [0.15, 0.2) is 5.82 Å². The number of aromatic nitrogens is 2. The van der Waals surface area contributed by atoms with Gasteiger partial charge in [0, 0.05) is 30.1 Å². The van der Waals surface area contributed by atoms with Gasteiger partial charge in [-0.1, -0.05) is 47.1 Å². The zero-order chi connectivity index (χ0) is 17.5. The highest BCUT2D eigenvalue weighted by atomic mass is 35.5. The second kappa shape index (κ2) is 8.65. The van der Waals surface area contributed by atoms with E-state index in [4.69, 9.17) is 20.9 Å². The molecule has 0 unspecified atom stereocenters. The molecular weight excluding hydrogens is 338 g/mol. The Balaban J connectivity index is 1.47. The van der Waals surface area contributed by atoms with Crippen LogP contribution in [0.25, 0.3) is 0 Å². The van der Waals surface area contributed by atoms with Crippen LogP contribution < -0.4 is 10.1 Å². The monoisotopic (exact) mass is 357 g/mol. The number of hydrogen-bond donors (Lipinski definition) is 1. The lowest BCUT2D eigenvalue weighted by molar-refractivity contribution is 0.306. The molecule has 0 aliphatic rings. The summed E-state index contributed by atoms with van der Waals surface area (Å²) in [5, 5.41) is 7.86. The van der Waals surface area contributed by atoms with E-state index in [1.54, 1.807) is 0 Å². The Labute approximate surface area is 152 Å². The van der Waals surface area contributed by atoms with Crippen molar-refractivity contribution in [3.63, 3.8) is 0 Å². The average Bonchev–Trinajstić information content (AvgIpc) is 3.04. The minimum atomic E-state index is 0.451. The van der Waals surface area contributed by atoms with Gasteiger partial charge in [-0.3, -0.25) is 0 Å². The second-order valence-electron chi connectivity index (χ2n) is 5.69. The number of halogens is 1. The molecule has 1 N–H and O–H groups in total. The number of nitrogens with zero attached hydrogens (tertiary/aromatic N) is 2. The Morgan fingerprint density at radius 2 is 2.04 bits per heavy atom. The SMILES string of the molecule is Cc1noc(CCNCc2cccc(OCc3ccccc3Cl)c2)n1. The van der Waals surface area contributed by atoms with E-state index in [0.717, 1.165) is 35.0 Å². The first kappa shape index (κ1) is 17.5. The highest BCUT2D eigenvalue weighted by Gasteiger charge is 2.03. The quantitative estimate of drug-likeness (QED) is 0.619. The number of hydrogen-bond acceptors (Lipinski definition) is 5. The molecule has 25 heavy (non-hydrogen) atoms. The summed E-state index contributed by atoms with van der Waals surface area (Å²) >= 11 is 6.15. The van der Waals surface area contributed by atoms with Crippen molar-refractivity contribution >= 4 is 11.6 Å². The van der Waals surface area contributed by atoms with Crippen LogP contribution in [0.15, 0.2) is 53.1 Å². The summed E-state index contributed by atoms with van der Waals surface area (Å²) in [5.41, 5.74) is 2.13. The molecule has 3 aromatic rings. The molecule has 130 valence electrons. The van der Waals surface area contributed by atoms with Gasteiger partial charge in [0.05, 0.1) is 0 Å². The van der Waals surface area contributed by atoms with Crippen molar-refractivity contribution in [2.75, 3.05) is 6.54 Å². The zero-order valence-electron chi connectivity index (χ0n) is 14.0. The van der Waals surface area contributed by atoms with Gasteiger partial charge < -0.3 is 14.6 Å². The predicted octanol–water partition coefficient (Wildman–Crippen LogP) is 3.94. The van der Waals surface area contributed by atoms with Gasteiger partial charge in [0.2, 0.25) is 5.89 Å². The highest BCUT2D eigenvalue weighted by molar-refractivity contribution is 6.31. The van der Waals surface area contributed by atoms with E-state index in [1.807, 2.05) is 49.4 Å². The smallest absolute Gasteiger partial charge is 0.227 e. The molecule has 0 amide bonds. The van der Waals surface area contributed by atoms with E-state index >= 15 is 0 Å². The fraction of sp³-hybridized carbons (Fsp3) is 0.263. The van der Waals surface area contributed by atoms with E-state index in [2.05, 4.69) is 21.5 Å². The van der Waals surface area contributed by atoms with Gasteiger partial charge >= 0.3 is 0 Å². The first-order valence-electron chi connectivity index (χ1n) is 8.16. The molecule has 0 spiro atoms. The van der Waals surface area contributed by atoms with Gasteiger partial charge in [0.1, 0.15) is 12.4 Å². The van der Waals surface area contributed by atoms with Crippen LogP contribution in [-0.4, -0.2) is 16.7 Å². The van der Waals surface area contributed by atoms with E-state index < -0.39 is 0 Å². The number of benzene rings is 2. The Kier molecular flexibility index (Phi) is 6.04. The fourth-order valence-corrected chi connectivity index (χ4v) is 2.58. The first-order chi connectivity index (χ1) is 12.2. The highest BCUT2D eigenvalue weighted by Crippen LogP contribution is 2.19. The molecule has 3 rings (SSSR count). The summed E-state index contributed by atoms with van der Waals surface area (Å²) in [6.45, 7) is 3.78. The number of aryl methyl sites for hydroxylation is 1. The van der Waals surface area contributed by atoms with Gasteiger partial charge in [0.25, 0.3) is 0 Å². The van der Waals surface area contributed by atoms with Crippen LogP contribution in [0.5, 0.6) is 5.75 Å². The zero-order valence-corrected chi connectivity index (χ0v) is 14.8. The third-order valence-electron chi connectivity index (χ3n) is 3.67. The van der Waals surface area contributed by atoms with Gasteiger partial charge in [-0.15, -0.1) is 0 Å². The molecule has 0 saturated carbocycles. The third kappa shape index (κ3) is 5.31. The van der Waals surface area contributed by atoms with E-state index in [1.165, 1.54) is 0 Å². The largest absolute Gasteiger partial charge is 0.489 e. The van der Waals surface area contributed by atoms with Crippen molar-refractivity contribution in [2.45, 2.75) is 26.5 Å². The van der Waals surface area contributed by atoms with Crippen molar-refractivity contribution in [2.24, 2.45) is 0 Å². The minimum absolute atomic E-state index is 0.451. The lowest BCUT2D eigenvalue weighted by Gasteiger charge is -2.09. The van der Waals surface area contributed by atoms with Crippen molar-refractivity contribution in [1.29, 1.82) is 0 Å². The molecule has 6 heteroatoms. The molecule has 0 fully saturated rings. The maximum atomic E-state index is 6.15. The van der Waals surface area contributed by atoms with Crippen LogP contribution in [0.3, 0.4) is 0 Å². The number of rotatable bonds is 8. The molecule has 1 heterocycles. The van der Waals surface area contributed by atoms with Gasteiger partial charge in [-0.2, -0.15) is 4.98 Å². The van der Waals surface area contributed by atoms with E-state index in [-0.39, 0.29) is 0 Å². The van der Waals surface area contributed by atoms with Crippen molar-refractivity contribution in [3.05, 3.63) is 76.4 Å². The van der Waals surface area contributed by atoms with Gasteiger partial charge in [-0.05, 0) is 30.7 Å². The van der Waals surface area contributed by atoms with Crippen molar-refractivity contribution < 1.29 is 9.26 Å². The Bertz CT molecular complexity index is 820. The summed E-state index contributed by atoms with van der Waals surface area (Å²) < 4.78 is 10.9. The summed E-state index contributed by atoms with van der Waals surface area (Å²) in [6, 6.07) is 15.7. The number of nitrogens with one attached hydrogen (secondary N) is 1. The molecule has 0 aliphatic heterocycles. The van der Waals surface area contributed by atoms with Crippen LogP contribution in [-0.2, 0) is 19.6 Å². The summed E-state index contributed by atoms with van der Waals surface area (Å²) in [5.74, 6) is 2.15. The molecule has 0 atom stereocenters. The Morgan fingerprint density at radius 3 is 2.84 bits per heavy atom. The van der Waals surface area contributed by atoms with Gasteiger partial charge in [-0.25, -0.2) is 0 Å². The standard InChI is InChI=1S/C19H20ClN3O2/c1-14-22-19(25-23-14)9-10-21-12-15-5-4-7-17(11-15)24-13-16-6-2-3-8-18(16)20/h2-8,11,21H,9-10,12-13H2,1H3. The van der Waals surface area contributed by atoms with E-state index in [9.17, 15) is 0 Å². The summed E-state index contributed by atoms with van der Waals surface area (Å²) in [4.78, 5) is 4.18. The Morgan fingerprint density at radius 1 is 1.16 bits per heavy atom. The topological polar surface area (TPSA) is 60.2 Å². The summed E-state index contributed by atoms with van der Waals surface area (Å²) in [6.07, 6.45) is 0.712. The molecule has 0 radical (unpaired) electrons. The maximum Gasteiger partial charge on any atom is 0.227 e. The Hall–Kier alpha value is -2.37. The van der Waals surface area contributed by atoms with Crippen LogP contribution >= 0.6 is 11.6 Å². The molecule has 0 saturated heterocycles. The fourth-order valence-electron chi connectivity index (χ4n) is 2.39. The number of ether oxygens (including phenoxy) is 1. The second-order valence-corrected chi connectivity index (χ2v) is 6.10. The predicted molar refractivity (Wildman–Crippen MR) is 96.7 cm³/mol. The molecule has 2 aromatic carbocycles. The molecule has 0 aliphatic carbocycles. The lowest BCUT2D eigenvalue weighted by atomic mass is 10.2. The third-order valence-corrected chi connectivity index (χ3v) is 4.03. The van der Waals surface area contributed by atoms with E-state index in [0.29, 0.717) is 24.7 Å².